The van der Waals surface area contributed by atoms with E-state index in [1.54, 1.807) is 13.0 Å². The molecule has 1 N–H and O–H groups in total. The molecule has 2 aromatic rings. The standard InChI is InChI=1S/C19H21NO3S/c1-13(15-9-5-4-6-10-15)20-18(21)16-11-7-8-12-17(16)24-14(2)19(22)23-3/h4-14H,1-3H3,(H,20,21)/t13-,14-/m0/s1. The molecule has 2 atom stereocenters. The minimum Gasteiger partial charge on any atom is -0.468 e. The van der Waals surface area contributed by atoms with Crippen molar-refractivity contribution in [2.24, 2.45) is 0 Å². The number of rotatable bonds is 6. The number of carbonyl (C=O) groups excluding carboxylic acids is 2. The Morgan fingerprint density at radius 2 is 1.62 bits per heavy atom. The molecule has 0 unspecified atom stereocenters. The van der Waals surface area contributed by atoms with Crippen molar-refractivity contribution in [2.45, 2.75) is 30.0 Å². The molecule has 5 heteroatoms. The van der Waals surface area contributed by atoms with Gasteiger partial charge in [0.25, 0.3) is 5.91 Å². The molecule has 126 valence electrons. The van der Waals surface area contributed by atoms with Gasteiger partial charge in [-0.05, 0) is 31.5 Å². The fourth-order valence-electron chi connectivity index (χ4n) is 2.26. The van der Waals surface area contributed by atoms with Gasteiger partial charge in [-0.25, -0.2) is 0 Å². The lowest BCUT2D eigenvalue weighted by molar-refractivity contribution is -0.139. The second kappa shape index (κ2) is 8.55. The van der Waals surface area contributed by atoms with Crippen molar-refractivity contribution in [3.05, 3.63) is 65.7 Å². The van der Waals surface area contributed by atoms with Crippen molar-refractivity contribution in [1.82, 2.24) is 5.32 Å². The van der Waals surface area contributed by atoms with Crippen molar-refractivity contribution in [3.8, 4) is 0 Å². The normalized spacial score (nSPS) is 13.0. The summed E-state index contributed by atoms with van der Waals surface area (Å²) in [5, 5.41) is 2.62. The van der Waals surface area contributed by atoms with Gasteiger partial charge in [0.15, 0.2) is 0 Å². The van der Waals surface area contributed by atoms with Crippen LogP contribution in [0.15, 0.2) is 59.5 Å². The molecule has 0 radical (unpaired) electrons. The van der Waals surface area contributed by atoms with E-state index >= 15 is 0 Å². The molecular weight excluding hydrogens is 322 g/mol. The van der Waals surface area contributed by atoms with Gasteiger partial charge in [-0.1, -0.05) is 42.5 Å². The summed E-state index contributed by atoms with van der Waals surface area (Å²) in [6.45, 7) is 3.71. The van der Waals surface area contributed by atoms with Crippen LogP contribution in [0, 0.1) is 0 Å². The molecule has 0 spiro atoms. The van der Waals surface area contributed by atoms with Crippen LogP contribution in [-0.4, -0.2) is 24.2 Å². The zero-order valence-electron chi connectivity index (χ0n) is 14.0. The van der Waals surface area contributed by atoms with Gasteiger partial charge in [-0.3, -0.25) is 9.59 Å². The maximum atomic E-state index is 12.6. The number of ether oxygens (including phenoxy) is 1. The number of amides is 1. The molecule has 0 aromatic heterocycles. The predicted octanol–water partition coefficient (Wildman–Crippen LogP) is 3.83. The smallest absolute Gasteiger partial charge is 0.318 e. The van der Waals surface area contributed by atoms with Crippen LogP contribution in [-0.2, 0) is 9.53 Å². The van der Waals surface area contributed by atoms with Gasteiger partial charge in [0.1, 0.15) is 5.25 Å². The van der Waals surface area contributed by atoms with Gasteiger partial charge in [0.2, 0.25) is 0 Å². The summed E-state index contributed by atoms with van der Waals surface area (Å²) in [6.07, 6.45) is 0. The average Bonchev–Trinajstić information content (AvgIpc) is 2.62. The highest BCUT2D eigenvalue weighted by molar-refractivity contribution is 8.00. The predicted molar refractivity (Wildman–Crippen MR) is 96.1 cm³/mol. The zero-order chi connectivity index (χ0) is 17.5. The van der Waals surface area contributed by atoms with E-state index in [9.17, 15) is 9.59 Å². The van der Waals surface area contributed by atoms with E-state index in [0.717, 1.165) is 10.5 Å². The molecule has 2 aromatic carbocycles. The maximum Gasteiger partial charge on any atom is 0.318 e. The Labute approximate surface area is 146 Å². The first-order valence-corrected chi connectivity index (χ1v) is 8.60. The first-order valence-electron chi connectivity index (χ1n) is 7.72. The third-order valence-corrected chi connectivity index (χ3v) is 4.77. The van der Waals surface area contributed by atoms with Gasteiger partial charge >= 0.3 is 5.97 Å². The molecule has 2 rings (SSSR count). The number of hydrogen-bond donors (Lipinski definition) is 1. The highest BCUT2D eigenvalue weighted by atomic mass is 32.2. The summed E-state index contributed by atoms with van der Waals surface area (Å²) >= 11 is 1.32. The number of carbonyl (C=O) groups is 2. The summed E-state index contributed by atoms with van der Waals surface area (Å²) in [5.41, 5.74) is 1.60. The van der Waals surface area contributed by atoms with Crippen molar-refractivity contribution >= 4 is 23.6 Å². The van der Waals surface area contributed by atoms with Gasteiger partial charge in [-0.2, -0.15) is 0 Å². The number of methoxy groups -OCH3 is 1. The van der Waals surface area contributed by atoms with Crippen LogP contribution in [0.4, 0.5) is 0 Å². The minimum atomic E-state index is -0.379. The van der Waals surface area contributed by atoms with E-state index in [0.29, 0.717) is 5.56 Å². The monoisotopic (exact) mass is 343 g/mol. The molecule has 0 aliphatic heterocycles. The van der Waals surface area contributed by atoms with Gasteiger partial charge < -0.3 is 10.1 Å². The van der Waals surface area contributed by atoms with Crippen LogP contribution in [0.1, 0.15) is 35.8 Å². The molecular formula is C19H21NO3S. The molecule has 4 nitrogen and oxygen atoms in total. The first kappa shape index (κ1) is 18.1. The first-order chi connectivity index (χ1) is 11.5. The number of benzene rings is 2. The number of nitrogens with one attached hydrogen (secondary N) is 1. The fraction of sp³-hybridized carbons (Fsp3) is 0.263. The van der Waals surface area contributed by atoms with E-state index in [-0.39, 0.29) is 23.2 Å². The Balaban J connectivity index is 2.13. The molecule has 0 heterocycles. The second-order valence-electron chi connectivity index (χ2n) is 5.39. The molecule has 0 saturated carbocycles. The number of thioether (sulfide) groups is 1. The average molecular weight is 343 g/mol. The molecule has 1 amide bonds. The van der Waals surface area contributed by atoms with E-state index in [1.807, 2.05) is 55.5 Å². The van der Waals surface area contributed by atoms with E-state index in [2.05, 4.69) is 5.32 Å². The Bertz CT molecular complexity index is 703. The Hall–Kier alpha value is -2.27. The number of hydrogen-bond acceptors (Lipinski definition) is 4. The second-order valence-corrected chi connectivity index (χ2v) is 6.77. The zero-order valence-corrected chi connectivity index (χ0v) is 14.8. The lowest BCUT2D eigenvalue weighted by Crippen LogP contribution is -2.27. The van der Waals surface area contributed by atoms with E-state index < -0.39 is 0 Å². The van der Waals surface area contributed by atoms with Crippen LogP contribution in [0.3, 0.4) is 0 Å². The Kier molecular flexibility index (Phi) is 6.44. The van der Waals surface area contributed by atoms with Crippen LogP contribution in [0.5, 0.6) is 0 Å². The molecule has 0 bridgehead atoms. The summed E-state index contributed by atoms with van der Waals surface area (Å²) < 4.78 is 4.75. The van der Waals surface area contributed by atoms with Crippen LogP contribution in [0.2, 0.25) is 0 Å². The van der Waals surface area contributed by atoms with E-state index in [1.165, 1.54) is 18.9 Å². The molecule has 0 fully saturated rings. The topological polar surface area (TPSA) is 55.4 Å². The van der Waals surface area contributed by atoms with Gasteiger partial charge in [0.05, 0.1) is 18.7 Å². The molecule has 0 aliphatic rings. The summed E-state index contributed by atoms with van der Waals surface area (Å²) in [5.74, 6) is -0.473. The lowest BCUT2D eigenvalue weighted by atomic mass is 10.1. The van der Waals surface area contributed by atoms with Crippen molar-refractivity contribution in [3.63, 3.8) is 0 Å². The molecule has 24 heavy (non-hydrogen) atoms. The van der Waals surface area contributed by atoms with Crippen LogP contribution >= 0.6 is 11.8 Å². The fourth-order valence-corrected chi connectivity index (χ4v) is 3.28. The quantitative estimate of drug-likeness (QED) is 0.640. The van der Waals surface area contributed by atoms with Crippen molar-refractivity contribution < 1.29 is 14.3 Å². The lowest BCUT2D eigenvalue weighted by Gasteiger charge is -2.17. The largest absolute Gasteiger partial charge is 0.468 e. The van der Waals surface area contributed by atoms with Crippen molar-refractivity contribution in [2.75, 3.05) is 7.11 Å². The minimum absolute atomic E-state index is 0.102. The molecule has 0 saturated heterocycles. The summed E-state index contributed by atoms with van der Waals surface area (Å²) in [7, 11) is 1.36. The van der Waals surface area contributed by atoms with Gasteiger partial charge in [-0.15, -0.1) is 11.8 Å². The Morgan fingerprint density at radius 3 is 2.29 bits per heavy atom. The Morgan fingerprint density at radius 1 is 1.00 bits per heavy atom. The van der Waals surface area contributed by atoms with E-state index in [4.69, 9.17) is 4.74 Å². The SMILES string of the molecule is COC(=O)[C@H](C)Sc1ccccc1C(=O)N[C@@H](C)c1ccccc1. The number of esters is 1. The molecule has 0 aliphatic carbocycles. The third-order valence-electron chi connectivity index (χ3n) is 3.62. The highest BCUT2D eigenvalue weighted by Gasteiger charge is 2.20. The van der Waals surface area contributed by atoms with Crippen LogP contribution in [0.25, 0.3) is 0 Å². The highest BCUT2D eigenvalue weighted by Crippen LogP contribution is 2.28. The van der Waals surface area contributed by atoms with Gasteiger partial charge in [0, 0.05) is 4.90 Å². The summed E-state index contributed by atoms with van der Waals surface area (Å²) in [4.78, 5) is 25.0. The summed E-state index contributed by atoms with van der Waals surface area (Å²) in [6, 6.07) is 17.0. The van der Waals surface area contributed by atoms with Crippen LogP contribution < -0.4 is 5.32 Å². The van der Waals surface area contributed by atoms with Crippen molar-refractivity contribution in [1.29, 1.82) is 0 Å². The maximum absolute atomic E-state index is 12.6. The third kappa shape index (κ3) is 4.61.